The van der Waals surface area contributed by atoms with Gasteiger partial charge in [0.25, 0.3) is 0 Å². The fourth-order valence-electron chi connectivity index (χ4n) is 3.28. The molecule has 1 unspecified atom stereocenters. The molecule has 1 atom stereocenters. The predicted molar refractivity (Wildman–Crippen MR) is 87.1 cm³/mol. The highest BCUT2D eigenvalue weighted by Gasteiger charge is 2.20. The summed E-state index contributed by atoms with van der Waals surface area (Å²) in [6.45, 7) is 4.46. The molecule has 1 aromatic carbocycles. The van der Waals surface area contributed by atoms with Crippen molar-refractivity contribution in [3.05, 3.63) is 34.9 Å². The first-order valence-corrected chi connectivity index (χ1v) is 8.34. The van der Waals surface area contributed by atoms with Gasteiger partial charge in [0.2, 0.25) is 0 Å². The Bertz CT molecular complexity index is 402. The maximum Gasteiger partial charge on any atom is 0.0453 e. The summed E-state index contributed by atoms with van der Waals surface area (Å²) < 4.78 is 0. The fraction of sp³-hybridized carbons (Fsp3) is 0.647. The highest BCUT2D eigenvalue weighted by molar-refractivity contribution is 6.31. The van der Waals surface area contributed by atoms with Crippen LogP contribution in [-0.2, 0) is 0 Å². The molecule has 1 saturated carbocycles. The van der Waals surface area contributed by atoms with Crippen LogP contribution in [0.3, 0.4) is 0 Å². The summed E-state index contributed by atoms with van der Waals surface area (Å²) >= 11 is 6.22. The van der Waals surface area contributed by atoms with E-state index in [1.54, 1.807) is 0 Å². The van der Waals surface area contributed by atoms with Crippen molar-refractivity contribution in [3.8, 4) is 0 Å². The van der Waals surface area contributed by atoms with Gasteiger partial charge in [-0.1, -0.05) is 56.0 Å². The lowest BCUT2D eigenvalue weighted by molar-refractivity contribution is 0.159. The zero-order chi connectivity index (χ0) is 14.4. The molecule has 2 rings (SSSR count). The molecule has 3 heteroatoms. The summed E-state index contributed by atoms with van der Waals surface area (Å²) in [6.07, 6.45) is 7.88. The maximum atomic E-state index is 6.32. The molecular formula is C17H27ClN2. The molecule has 1 aromatic rings. The molecule has 0 spiro atoms. The van der Waals surface area contributed by atoms with E-state index in [-0.39, 0.29) is 6.04 Å². The Labute approximate surface area is 128 Å². The zero-order valence-corrected chi connectivity index (χ0v) is 13.3. The molecule has 1 aliphatic rings. The number of rotatable bonds is 6. The quantitative estimate of drug-likeness (QED) is 0.843. The van der Waals surface area contributed by atoms with Gasteiger partial charge >= 0.3 is 0 Å². The van der Waals surface area contributed by atoms with Crippen LogP contribution in [-0.4, -0.2) is 24.0 Å². The van der Waals surface area contributed by atoms with Crippen molar-refractivity contribution in [2.45, 2.75) is 57.5 Å². The van der Waals surface area contributed by atoms with Crippen LogP contribution < -0.4 is 5.73 Å². The van der Waals surface area contributed by atoms with Gasteiger partial charge in [-0.05, 0) is 37.4 Å². The van der Waals surface area contributed by atoms with Crippen molar-refractivity contribution in [3.63, 3.8) is 0 Å². The Balaban J connectivity index is 1.87. The van der Waals surface area contributed by atoms with Crippen molar-refractivity contribution in [2.24, 2.45) is 5.73 Å². The van der Waals surface area contributed by atoms with Gasteiger partial charge < -0.3 is 10.6 Å². The maximum absolute atomic E-state index is 6.32. The van der Waals surface area contributed by atoms with Gasteiger partial charge in [0.1, 0.15) is 0 Å². The number of hydrogen-bond acceptors (Lipinski definition) is 2. The molecule has 1 aliphatic carbocycles. The van der Waals surface area contributed by atoms with Crippen LogP contribution in [0.2, 0.25) is 5.02 Å². The molecular weight excluding hydrogens is 268 g/mol. The lowest BCUT2D eigenvalue weighted by atomic mass is 9.93. The average Bonchev–Trinajstić information content (AvgIpc) is 2.49. The number of halogens is 1. The molecule has 2 N–H and O–H groups in total. The summed E-state index contributed by atoms with van der Waals surface area (Å²) in [6, 6.07) is 8.76. The van der Waals surface area contributed by atoms with E-state index in [1.807, 2.05) is 24.3 Å². The van der Waals surface area contributed by atoms with Crippen LogP contribution in [0.4, 0.5) is 0 Å². The summed E-state index contributed by atoms with van der Waals surface area (Å²) in [4.78, 5) is 2.61. The van der Waals surface area contributed by atoms with Crippen LogP contribution in [0.15, 0.2) is 24.3 Å². The number of nitrogens with two attached hydrogens (primary N) is 1. The van der Waals surface area contributed by atoms with Gasteiger partial charge in [0, 0.05) is 23.7 Å². The second kappa shape index (κ2) is 8.02. The third kappa shape index (κ3) is 4.21. The number of hydrogen-bond donors (Lipinski definition) is 1. The molecule has 1 fully saturated rings. The fourth-order valence-corrected chi connectivity index (χ4v) is 3.56. The van der Waals surface area contributed by atoms with Crippen molar-refractivity contribution >= 4 is 11.6 Å². The van der Waals surface area contributed by atoms with E-state index in [2.05, 4.69) is 11.8 Å². The lowest BCUT2D eigenvalue weighted by Crippen LogP contribution is -2.38. The third-order valence-electron chi connectivity index (χ3n) is 4.53. The molecule has 112 valence electrons. The molecule has 20 heavy (non-hydrogen) atoms. The Hall–Kier alpha value is -0.570. The van der Waals surface area contributed by atoms with Gasteiger partial charge in [-0.15, -0.1) is 0 Å². The van der Waals surface area contributed by atoms with E-state index in [0.717, 1.165) is 36.1 Å². The average molecular weight is 295 g/mol. The van der Waals surface area contributed by atoms with Crippen molar-refractivity contribution in [1.29, 1.82) is 0 Å². The molecule has 2 nitrogen and oxygen atoms in total. The number of benzene rings is 1. The van der Waals surface area contributed by atoms with E-state index in [0.29, 0.717) is 0 Å². The first kappa shape index (κ1) is 15.8. The molecule has 0 aliphatic heterocycles. The molecule has 0 radical (unpaired) electrons. The minimum Gasteiger partial charge on any atom is -0.324 e. The minimum atomic E-state index is 0.0429. The largest absolute Gasteiger partial charge is 0.324 e. The first-order valence-electron chi connectivity index (χ1n) is 7.96. The molecule has 0 aromatic heterocycles. The van der Waals surface area contributed by atoms with E-state index in [1.165, 1.54) is 32.1 Å². The SMILES string of the molecule is CCN(CCC(N)c1ccccc1Cl)C1CCCCC1. The smallest absolute Gasteiger partial charge is 0.0453 e. The van der Waals surface area contributed by atoms with E-state index < -0.39 is 0 Å². The summed E-state index contributed by atoms with van der Waals surface area (Å²) in [7, 11) is 0. The first-order chi connectivity index (χ1) is 9.72. The van der Waals surface area contributed by atoms with Crippen LogP contribution in [0, 0.1) is 0 Å². The van der Waals surface area contributed by atoms with E-state index >= 15 is 0 Å². The normalized spacial score (nSPS) is 18.4. The van der Waals surface area contributed by atoms with Crippen LogP contribution in [0.25, 0.3) is 0 Å². The van der Waals surface area contributed by atoms with Gasteiger partial charge in [-0.3, -0.25) is 0 Å². The summed E-state index contributed by atoms with van der Waals surface area (Å²) in [5, 5.41) is 0.792. The van der Waals surface area contributed by atoms with Crippen molar-refractivity contribution < 1.29 is 0 Å². The second-order valence-electron chi connectivity index (χ2n) is 5.84. The highest BCUT2D eigenvalue weighted by Crippen LogP contribution is 2.26. The molecule has 0 heterocycles. The predicted octanol–water partition coefficient (Wildman–Crippen LogP) is 4.38. The molecule has 0 amide bonds. The van der Waals surface area contributed by atoms with E-state index in [4.69, 9.17) is 17.3 Å². The van der Waals surface area contributed by atoms with Gasteiger partial charge in [0.05, 0.1) is 0 Å². The third-order valence-corrected chi connectivity index (χ3v) is 4.87. The lowest BCUT2D eigenvalue weighted by Gasteiger charge is -2.34. The summed E-state index contributed by atoms with van der Waals surface area (Å²) in [5.41, 5.74) is 7.39. The van der Waals surface area contributed by atoms with Gasteiger partial charge in [0.15, 0.2) is 0 Å². The van der Waals surface area contributed by atoms with Crippen LogP contribution in [0.5, 0.6) is 0 Å². The summed E-state index contributed by atoms with van der Waals surface area (Å²) in [5.74, 6) is 0. The Morgan fingerprint density at radius 1 is 1.25 bits per heavy atom. The highest BCUT2D eigenvalue weighted by atomic mass is 35.5. The van der Waals surface area contributed by atoms with E-state index in [9.17, 15) is 0 Å². The van der Waals surface area contributed by atoms with Gasteiger partial charge in [-0.2, -0.15) is 0 Å². The molecule has 0 bridgehead atoms. The minimum absolute atomic E-state index is 0.0429. The Morgan fingerprint density at radius 2 is 1.95 bits per heavy atom. The van der Waals surface area contributed by atoms with Crippen molar-refractivity contribution in [1.82, 2.24) is 4.90 Å². The monoisotopic (exact) mass is 294 g/mol. The Kier molecular flexibility index (Phi) is 6.34. The van der Waals surface area contributed by atoms with Crippen LogP contribution in [0.1, 0.15) is 57.1 Å². The topological polar surface area (TPSA) is 29.3 Å². The van der Waals surface area contributed by atoms with Crippen LogP contribution >= 0.6 is 11.6 Å². The standard InChI is InChI=1S/C17H27ClN2/c1-2-20(14-8-4-3-5-9-14)13-12-17(19)15-10-6-7-11-16(15)18/h6-7,10-11,14,17H,2-5,8-9,12-13,19H2,1H3. The Morgan fingerprint density at radius 3 is 2.60 bits per heavy atom. The van der Waals surface area contributed by atoms with Gasteiger partial charge in [-0.25, -0.2) is 0 Å². The second-order valence-corrected chi connectivity index (χ2v) is 6.24. The molecule has 0 saturated heterocycles. The number of nitrogens with zero attached hydrogens (tertiary/aromatic N) is 1. The zero-order valence-electron chi connectivity index (χ0n) is 12.5. The van der Waals surface area contributed by atoms with Crippen molar-refractivity contribution in [2.75, 3.05) is 13.1 Å².